The van der Waals surface area contributed by atoms with E-state index in [1.165, 1.54) is 74.0 Å². The molecule has 0 amide bonds. The van der Waals surface area contributed by atoms with Crippen LogP contribution in [-0.4, -0.2) is 14.5 Å². The minimum absolute atomic E-state index is 0.667. The van der Waals surface area contributed by atoms with Gasteiger partial charge in [-0.2, -0.15) is 0 Å². The van der Waals surface area contributed by atoms with Gasteiger partial charge in [-0.15, -0.1) is 11.3 Å². The van der Waals surface area contributed by atoms with Crippen LogP contribution in [0.25, 0.3) is 124 Å². The van der Waals surface area contributed by atoms with Gasteiger partial charge >= 0.3 is 0 Å². The number of rotatable bonds is 2. The summed E-state index contributed by atoms with van der Waals surface area (Å²) in [6.07, 6.45) is 0. The molecule has 0 aliphatic heterocycles. The Morgan fingerprint density at radius 3 is 1.70 bits per heavy atom. The molecule has 0 saturated carbocycles. The lowest BCUT2D eigenvalue weighted by molar-refractivity contribution is 1.02. The SMILES string of the molecule is c1ccc2c(c1)ccc1c(-c3cccc4sc5ccccc5c34)nc(-n3c4ccc5ccccc5c4c4c5c6ccccc6c6ccccc6c5ccc43)nc12. The minimum atomic E-state index is 0.667. The van der Waals surface area contributed by atoms with Gasteiger partial charge in [-0.25, -0.2) is 9.97 Å². The predicted molar refractivity (Wildman–Crippen MR) is 240 cm³/mol. The zero-order valence-corrected chi connectivity index (χ0v) is 30.8. The van der Waals surface area contributed by atoms with Gasteiger partial charge in [0.05, 0.1) is 22.2 Å². The standard InChI is InChI=1S/C52H29N3S/c1-3-14-32-30(12-1)25-28-42-48(32)49-43(29-27-38-36-18-6-5-16-34(36)35-17-7-8-19-37(35)47(38)49)55(42)52-53-50-33-15-4-2-13-31(33)24-26-41(50)51(54-52)40-21-11-23-45-46(40)39-20-9-10-22-44(39)56-45/h1-29H. The van der Waals surface area contributed by atoms with E-state index in [4.69, 9.17) is 9.97 Å². The molecule has 258 valence electrons. The van der Waals surface area contributed by atoms with E-state index in [1.807, 2.05) is 11.3 Å². The lowest BCUT2D eigenvalue weighted by Crippen LogP contribution is -2.04. The molecule has 0 bridgehead atoms. The summed E-state index contributed by atoms with van der Waals surface area (Å²) in [6, 6.07) is 64.1. The van der Waals surface area contributed by atoms with Gasteiger partial charge in [0.1, 0.15) is 0 Å². The second kappa shape index (κ2) is 11.2. The van der Waals surface area contributed by atoms with Crippen molar-refractivity contribution in [1.82, 2.24) is 14.5 Å². The Labute approximate surface area is 324 Å². The molecule has 0 saturated heterocycles. The fourth-order valence-corrected chi connectivity index (χ4v) is 10.7. The molecule has 3 nitrogen and oxygen atoms in total. The summed E-state index contributed by atoms with van der Waals surface area (Å²) in [5.41, 5.74) is 5.20. The number of fused-ring (bicyclic) bond motifs is 18. The molecule has 0 N–H and O–H groups in total. The van der Waals surface area contributed by atoms with Crippen molar-refractivity contribution >= 4 is 118 Å². The first-order chi connectivity index (χ1) is 27.8. The van der Waals surface area contributed by atoms with Gasteiger partial charge in [-0.05, 0) is 73.4 Å². The molecular formula is C52H29N3S. The van der Waals surface area contributed by atoms with Crippen molar-refractivity contribution < 1.29 is 0 Å². The second-order valence-corrected chi connectivity index (χ2v) is 15.9. The fourth-order valence-electron chi connectivity index (χ4n) is 9.61. The zero-order valence-electron chi connectivity index (χ0n) is 30.0. The monoisotopic (exact) mass is 727 g/mol. The van der Waals surface area contributed by atoms with Gasteiger partial charge in [0.25, 0.3) is 0 Å². The largest absolute Gasteiger partial charge is 0.278 e. The second-order valence-electron chi connectivity index (χ2n) is 14.8. The van der Waals surface area contributed by atoms with E-state index in [-0.39, 0.29) is 0 Å². The van der Waals surface area contributed by atoms with Crippen LogP contribution in [0.15, 0.2) is 176 Å². The first-order valence-corrected chi connectivity index (χ1v) is 19.9. The maximum atomic E-state index is 5.69. The van der Waals surface area contributed by atoms with Crippen LogP contribution < -0.4 is 0 Å². The molecule has 0 aliphatic carbocycles. The number of hydrogen-bond acceptors (Lipinski definition) is 3. The molecular weight excluding hydrogens is 699 g/mol. The molecule has 0 fully saturated rings. The molecule has 0 radical (unpaired) electrons. The van der Waals surface area contributed by atoms with E-state index in [0.717, 1.165) is 44.0 Å². The first-order valence-electron chi connectivity index (χ1n) is 19.1. The van der Waals surface area contributed by atoms with E-state index in [0.29, 0.717) is 5.95 Å². The Morgan fingerprint density at radius 1 is 0.339 bits per heavy atom. The molecule has 13 rings (SSSR count). The van der Waals surface area contributed by atoms with E-state index in [2.05, 4.69) is 180 Å². The van der Waals surface area contributed by atoms with Crippen molar-refractivity contribution in [3.8, 4) is 17.2 Å². The Balaban J connectivity index is 1.25. The molecule has 3 heterocycles. The van der Waals surface area contributed by atoms with Crippen molar-refractivity contribution in [1.29, 1.82) is 0 Å². The van der Waals surface area contributed by atoms with Crippen LogP contribution in [0.1, 0.15) is 0 Å². The number of benzene rings is 10. The highest BCUT2D eigenvalue weighted by molar-refractivity contribution is 7.25. The van der Waals surface area contributed by atoms with Crippen LogP contribution in [0.3, 0.4) is 0 Å². The van der Waals surface area contributed by atoms with Crippen molar-refractivity contribution in [2.75, 3.05) is 0 Å². The zero-order chi connectivity index (χ0) is 36.5. The number of nitrogens with zero attached hydrogens (tertiary/aromatic N) is 3. The molecule has 0 aliphatic rings. The molecule has 0 unspecified atom stereocenters. The maximum absolute atomic E-state index is 5.69. The Kier molecular flexibility index (Phi) is 6.04. The van der Waals surface area contributed by atoms with Gasteiger partial charge in [0, 0.05) is 52.7 Å². The average Bonchev–Trinajstić information content (AvgIpc) is 3.82. The van der Waals surface area contributed by atoms with Crippen molar-refractivity contribution in [2.45, 2.75) is 0 Å². The smallest absolute Gasteiger partial charge is 0.235 e. The quantitative estimate of drug-likeness (QED) is 0.166. The van der Waals surface area contributed by atoms with Crippen LogP contribution >= 0.6 is 11.3 Å². The van der Waals surface area contributed by atoms with Crippen molar-refractivity contribution in [3.05, 3.63) is 176 Å². The van der Waals surface area contributed by atoms with Crippen LogP contribution in [0.5, 0.6) is 0 Å². The third kappa shape index (κ3) is 4.01. The molecule has 4 heteroatoms. The van der Waals surface area contributed by atoms with Gasteiger partial charge in [-0.1, -0.05) is 146 Å². The highest BCUT2D eigenvalue weighted by atomic mass is 32.1. The lowest BCUT2D eigenvalue weighted by Gasteiger charge is -2.15. The van der Waals surface area contributed by atoms with Gasteiger partial charge in [0.15, 0.2) is 0 Å². The number of thiophene rings is 1. The van der Waals surface area contributed by atoms with Crippen LogP contribution in [-0.2, 0) is 0 Å². The van der Waals surface area contributed by atoms with E-state index < -0.39 is 0 Å². The minimum Gasteiger partial charge on any atom is -0.278 e. The van der Waals surface area contributed by atoms with Crippen LogP contribution in [0.2, 0.25) is 0 Å². The van der Waals surface area contributed by atoms with E-state index >= 15 is 0 Å². The fraction of sp³-hybridized carbons (Fsp3) is 0. The molecule has 13 aromatic rings. The van der Waals surface area contributed by atoms with Gasteiger partial charge < -0.3 is 0 Å². The number of aromatic nitrogens is 3. The molecule has 0 atom stereocenters. The highest BCUT2D eigenvalue weighted by Crippen LogP contribution is 2.46. The molecule has 3 aromatic heterocycles. The maximum Gasteiger partial charge on any atom is 0.235 e. The predicted octanol–water partition coefficient (Wildman–Crippen LogP) is 14.5. The summed E-state index contributed by atoms with van der Waals surface area (Å²) in [7, 11) is 0. The van der Waals surface area contributed by atoms with Crippen molar-refractivity contribution in [2.24, 2.45) is 0 Å². The lowest BCUT2D eigenvalue weighted by atomic mass is 9.91. The first kappa shape index (κ1) is 30.2. The summed E-state index contributed by atoms with van der Waals surface area (Å²) in [4.78, 5) is 11.3. The summed E-state index contributed by atoms with van der Waals surface area (Å²) >= 11 is 1.84. The van der Waals surface area contributed by atoms with Gasteiger partial charge in [-0.3, -0.25) is 4.57 Å². The summed E-state index contributed by atoms with van der Waals surface area (Å²) in [6.45, 7) is 0. The average molecular weight is 728 g/mol. The molecule has 10 aromatic carbocycles. The normalized spacial score (nSPS) is 12.3. The van der Waals surface area contributed by atoms with Crippen LogP contribution in [0.4, 0.5) is 0 Å². The topological polar surface area (TPSA) is 30.7 Å². The third-order valence-corrected chi connectivity index (χ3v) is 13.1. The van der Waals surface area contributed by atoms with E-state index in [9.17, 15) is 0 Å². The Hall–Kier alpha value is -7.14. The van der Waals surface area contributed by atoms with Gasteiger partial charge in [0.2, 0.25) is 5.95 Å². The molecule has 0 spiro atoms. The van der Waals surface area contributed by atoms with Crippen molar-refractivity contribution in [3.63, 3.8) is 0 Å². The Morgan fingerprint density at radius 2 is 0.893 bits per heavy atom. The summed E-state index contributed by atoms with van der Waals surface area (Å²) in [5.74, 6) is 0.667. The molecule has 56 heavy (non-hydrogen) atoms. The summed E-state index contributed by atoms with van der Waals surface area (Å²) < 4.78 is 4.86. The third-order valence-electron chi connectivity index (χ3n) is 12.0. The van der Waals surface area contributed by atoms with E-state index in [1.54, 1.807) is 0 Å². The Bertz CT molecular complexity index is 3800. The summed E-state index contributed by atoms with van der Waals surface area (Å²) in [5, 5.41) is 18.3. The van der Waals surface area contributed by atoms with Crippen LogP contribution in [0, 0.1) is 0 Å². The number of hydrogen-bond donors (Lipinski definition) is 0. The highest BCUT2D eigenvalue weighted by Gasteiger charge is 2.24.